The second kappa shape index (κ2) is 21.5. The lowest BCUT2D eigenvalue weighted by Crippen LogP contribution is -2.62. The van der Waals surface area contributed by atoms with Crippen molar-refractivity contribution >= 4 is 46.4 Å². The van der Waals surface area contributed by atoms with Gasteiger partial charge in [-0.1, -0.05) is 39.8 Å². The topological polar surface area (TPSA) is 199 Å². The Balaban J connectivity index is 1.24. The highest BCUT2D eigenvalue weighted by atomic mass is 16.5. The molecule has 0 radical (unpaired) electrons. The largest absolute Gasteiger partial charge is 0.508 e. The summed E-state index contributed by atoms with van der Waals surface area (Å²) in [4.78, 5) is 93.2. The average molecular weight is 978 g/mol. The number of hydrazine groups is 1. The molecule has 3 aliphatic heterocycles. The summed E-state index contributed by atoms with van der Waals surface area (Å²) < 4.78 is 14.2. The summed E-state index contributed by atoms with van der Waals surface area (Å²) in [6.45, 7) is 13.0. The van der Waals surface area contributed by atoms with Crippen molar-refractivity contribution in [3.8, 4) is 28.1 Å². The average Bonchev–Trinajstić information content (AvgIpc) is 4.04. The standard InChI is InChI=1S/C53H71N9O9/c1-12-61-42-18-17-34-25-38(42)39(48(61)37-15-13-19-54-46(37)32(4)70-11)26-53(5,6)30-71-52(69)40-16-14-20-62(56-40)50(67)41(23-33-21-35(34)24-36(63)22-33)55-49(66)47(31(2)3)59(10)45(65)28-58(9)51(68)43-27-60(43)29-44(64)57(7)8/h13,15,17-19,21-22,24-25,31-32,40-41,43,47,56,63H,12,14,16,20,23,26-30H2,1-11H3,(H,55,66)/t32-,40-,41-,43+,47-,60?/m0/s1. The molecule has 2 fully saturated rings. The monoisotopic (exact) mass is 978 g/mol. The Labute approximate surface area is 416 Å². The third-order valence-electron chi connectivity index (χ3n) is 14.0. The summed E-state index contributed by atoms with van der Waals surface area (Å²) in [7, 11) is 7.97. The molecule has 0 saturated carbocycles. The van der Waals surface area contributed by atoms with E-state index in [4.69, 9.17) is 14.5 Å². The van der Waals surface area contributed by atoms with Crippen LogP contribution in [0.2, 0.25) is 0 Å². The van der Waals surface area contributed by atoms with E-state index in [2.05, 4.69) is 54.3 Å². The van der Waals surface area contributed by atoms with Gasteiger partial charge in [-0.3, -0.25) is 43.7 Å². The SMILES string of the molecule is CCn1c(-c2cccnc2[C@H](C)OC)c2c3cc(ccc31)-c1cc(O)cc(c1)C[C@H](NC(=O)[C@H](C(C)C)N(C)C(=O)CN(C)C(=O)[C@H]1CN1CC(=O)N(C)C)C(=O)N1CCC[C@H](N1)C(=O)OCC(C)(C)C2. The second-order valence-corrected chi connectivity index (χ2v) is 20.7. The van der Waals surface area contributed by atoms with E-state index in [9.17, 15) is 33.9 Å². The number of benzene rings is 2. The predicted molar refractivity (Wildman–Crippen MR) is 268 cm³/mol. The molecular weight excluding hydrogens is 907 g/mol. The van der Waals surface area contributed by atoms with Crippen molar-refractivity contribution in [3.05, 3.63) is 71.5 Å². The number of ether oxygens (including phenoxy) is 2. The highest BCUT2D eigenvalue weighted by molar-refractivity contribution is 5.97. The fourth-order valence-corrected chi connectivity index (χ4v) is 9.95. The number of aryl methyl sites for hydroxylation is 1. The van der Waals surface area contributed by atoms with Crippen LogP contribution in [0.1, 0.15) is 77.3 Å². The number of esters is 1. The van der Waals surface area contributed by atoms with E-state index in [1.807, 2.05) is 25.1 Å². The Morgan fingerprint density at radius 2 is 1.76 bits per heavy atom. The molecule has 2 aromatic heterocycles. The zero-order valence-electron chi connectivity index (χ0n) is 43.1. The van der Waals surface area contributed by atoms with Gasteiger partial charge in [-0.15, -0.1) is 0 Å². The molecule has 7 rings (SSSR count). The van der Waals surface area contributed by atoms with E-state index >= 15 is 0 Å². The van der Waals surface area contributed by atoms with Crippen LogP contribution in [-0.2, 0) is 57.6 Å². The van der Waals surface area contributed by atoms with Crippen LogP contribution in [0.3, 0.4) is 0 Å². The Hall–Kier alpha value is -6.37. The van der Waals surface area contributed by atoms with Crippen molar-refractivity contribution in [2.45, 2.75) is 104 Å². The smallest absolute Gasteiger partial charge is 0.324 e. The molecule has 2 aromatic carbocycles. The number of rotatable bonds is 13. The molecule has 382 valence electrons. The minimum atomic E-state index is -1.21. The number of aromatic hydroxyl groups is 1. The van der Waals surface area contributed by atoms with Crippen LogP contribution >= 0.6 is 0 Å². The minimum absolute atomic E-state index is 0.0344. The number of likely N-dealkylation sites (N-methyl/N-ethyl adjacent to an activating group) is 3. The maximum Gasteiger partial charge on any atom is 0.324 e. The number of nitrogens with zero attached hydrogens (tertiary/aromatic N) is 7. The summed E-state index contributed by atoms with van der Waals surface area (Å²) in [5.41, 5.74) is 9.36. The first kappa shape index (κ1) is 52.5. The van der Waals surface area contributed by atoms with E-state index < -0.39 is 59.2 Å². The predicted octanol–water partition coefficient (Wildman–Crippen LogP) is 4.17. The molecule has 6 atom stereocenters. The number of phenols is 1. The number of hydrogen-bond acceptors (Lipinski definition) is 12. The molecule has 1 unspecified atom stereocenters. The molecule has 5 heterocycles. The minimum Gasteiger partial charge on any atom is -0.508 e. The highest BCUT2D eigenvalue weighted by Crippen LogP contribution is 2.42. The number of phenolic OH excluding ortho intramolecular Hbond substituents is 1. The van der Waals surface area contributed by atoms with Crippen molar-refractivity contribution in [2.75, 3.05) is 68.1 Å². The maximum atomic E-state index is 14.8. The summed E-state index contributed by atoms with van der Waals surface area (Å²) in [6.07, 6.45) is 2.85. The Morgan fingerprint density at radius 3 is 2.45 bits per heavy atom. The van der Waals surface area contributed by atoms with E-state index in [1.54, 1.807) is 58.3 Å². The van der Waals surface area contributed by atoms with Crippen LogP contribution in [0, 0.1) is 11.3 Å². The van der Waals surface area contributed by atoms with Gasteiger partial charge in [0.2, 0.25) is 23.6 Å². The van der Waals surface area contributed by atoms with Gasteiger partial charge in [-0.05, 0) is 97.7 Å². The van der Waals surface area contributed by atoms with Crippen molar-refractivity contribution in [1.82, 2.24) is 44.9 Å². The van der Waals surface area contributed by atoms with Crippen LogP contribution in [0.25, 0.3) is 33.3 Å². The van der Waals surface area contributed by atoms with Gasteiger partial charge < -0.3 is 39.2 Å². The van der Waals surface area contributed by atoms with Crippen LogP contribution in [0.4, 0.5) is 0 Å². The summed E-state index contributed by atoms with van der Waals surface area (Å²) in [5.74, 6) is -3.00. The second-order valence-electron chi connectivity index (χ2n) is 20.7. The lowest BCUT2D eigenvalue weighted by Gasteiger charge is -2.37. The van der Waals surface area contributed by atoms with Crippen LogP contribution in [-0.4, -0.2) is 167 Å². The first-order valence-corrected chi connectivity index (χ1v) is 24.6. The lowest BCUT2D eigenvalue weighted by molar-refractivity contribution is -0.155. The number of nitrogens with one attached hydrogen (secondary N) is 2. The number of aromatic nitrogens is 2. The number of cyclic esters (lactones) is 1. The molecular formula is C53H71N9O9. The van der Waals surface area contributed by atoms with Gasteiger partial charge in [0.1, 0.15) is 29.9 Å². The molecule has 0 spiro atoms. The van der Waals surface area contributed by atoms with Gasteiger partial charge in [0.05, 0.1) is 37.2 Å². The third-order valence-corrected chi connectivity index (χ3v) is 14.0. The molecule has 5 amide bonds. The number of hydrogen-bond donors (Lipinski definition) is 3. The van der Waals surface area contributed by atoms with Crippen molar-refractivity contribution in [3.63, 3.8) is 0 Å². The molecule has 71 heavy (non-hydrogen) atoms. The molecule has 18 nitrogen and oxygen atoms in total. The Kier molecular flexibility index (Phi) is 15.9. The fourth-order valence-electron chi connectivity index (χ4n) is 9.95. The van der Waals surface area contributed by atoms with Gasteiger partial charge in [-0.25, -0.2) is 5.43 Å². The number of amides is 5. The van der Waals surface area contributed by atoms with Gasteiger partial charge in [0.15, 0.2) is 0 Å². The normalized spacial score (nSPS) is 20.9. The van der Waals surface area contributed by atoms with Crippen LogP contribution in [0.15, 0.2) is 54.7 Å². The molecule has 18 heteroatoms. The molecule has 0 aliphatic carbocycles. The van der Waals surface area contributed by atoms with Crippen LogP contribution in [0.5, 0.6) is 5.75 Å². The molecule has 2 saturated heterocycles. The van der Waals surface area contributed by atoms with Crippen LogP contribution < -0.4 is 10.7 Å². The number of methoxy groups -OCH3 is 1. The first-order chi connectivity index (χ1) is 33.6. The molecule has 6 bridgehead atoms. The molecule has 3 aliphatic rings. The van der Waals surface area contributed by atoms with Gasteiger partial charge in [-0.2, -0.15) is 0 Å². The van der Waals surface area contributed by atoms with Gasteiger partial charge >= 0.3 is 5.97 Å². The van der Waals surface area contributed by atoms with E-state index in [1.165, 1.54) is 33.8 Å². The van der Waals surface area contributed by atoms with E-state index in [0.29, 0.717) is 43.5 Å². The van der Waals surface area contributed by atoms with Crippen molar-refractivity contribution in [1.29, 1.82) is 0 Å². The highest BCUT2D eigenvalue weighted by Gasteiger charge is 2.44. The fraction of sp³-hybridized carbons (Fsp3) is 0.528. The number of carbonyl (C=O) groups is 6. The number of carbonyl (C=O) groups excluding carboxylic acids is 6. The van der Waals surface area contributed by atoms with Crippen molar-refractivity contribution < 1.29 is 43.3 Å². The van der Waals surface area contributed by atoms with E-state index in [-0.39, 0.29) is 56.3 Å². The van der Waals surface area contributed by atoms with Gasteiger partial charge in [0, 0.05) is 89.4 Å². The maximum absolute atomic E-state index is 14.8. The van der Waals surface area contributed by atoms with Gasteiger partial charge in [0.25, 0.3) is 5.91 Å². The first-order valence-electron chi connectivity index (χ1n) is 24.6. The summed E-state index contributed by atoms with van der Waals surface area (Å²) in [5, 5.41) is 16.7. The molecule has 4 aromatic rings. The zero-order valence-corrected chi connectivity index (χ0v) is 43.1. The summed E-state index contributed by atoms with van der Waals surface area (Å²) in [6, 6.07) is 11.7. The number of pyridine rings is 1. The lowest BCUT2D eigenvalue weighted by atomic mass is 9.84. The number of fused-ring (bicyclic) bond motifs is 6. The third kappa shape index (κ3) is 11.6. The molecule has 3 N–H and O–H groups in total. The Bertz CT molecular complexity index is 2680. The Morgan fingerprint density at radius 1 is 1.01 bits per heavy atom. The van der Waals surface area contributed by atoms with E-state index in [0.717, 1.165) is 39.0 Å². The quantitative estimate of drug-likeness (QED) is 0.128. The summed E-state index contributed by atoms with van der Waals surface area (Å²) >= 11 is 0. The van der Waals surface area contributed by atoms with Crippen molar-refractivity contribution in [2.24, 2.45) is 11.3 Å². The zero-order chi connectivity index (χ0) is 51.6.